The van der Waals surface area contributed by atoms with Crippen molar-refractivity contribution in [3.8, 4) is 5.75 Å². The van der Waals surface area contributed by atoms with Crippen molar-refractivity contribution in [1.82, 2.24) is 9.97 Å². The topological polar surface area (TPSA) is 116 Å². The van der Waals surface area contributed by atoms with Crippen molar-refractivity contribution < 1.29 is 32.4 Å². The third kappa shape index (κ3) is 6.04. The predicted molar refractivity (Wildman–Crippen MR) is 138 cm³/mol. The Morgan fingerprint density at radius 2 is 1.79 bits per heavy atom. The Kier molecular flexibility index (Phi) is 7.94. The molecule has 1 aromatic heterocycles. The highest BCUT2D eigenvalue weighted by Crippen LogP contribution is 2.42. The molecule has 4 rings (SSSR count). The van der Waals surface area contributed by atoms with Crippen molar-refractivity contribution in [2.45, 2.75) is 57.7 Å². The number of rotatable bonds is 7. The van der Waals surface area contributed by atoms with Gasteiger partial charge in [0.15, 0.2) is 0 Å². The lowest BCUT2D eigenvalue weighted by Gasteiger charge is -2.28. The first-order chi connectivity index (χ1) is 18.4. The maximum Gasteiger partial charge on any atom is 0.416 e. The molecule has 3 aromatic rings. The minimum absolute atomic E-state index is 0.0933. The molecule has 39 heavy (non-hydrogen) atoms. The fourth-order valence-corrected chi connectivity index (χ4v) is 5.14. The molecular weight excluding hydrogens is 517 g/mol. The fraction of sp³-hybridized carbons (Fsp3) is 0.444. The van der Waals surface area contributed by atoms with Gasteiger partial charge in [-0.25, -0.2) is 9.97 Å². The first kappa shape index (κ1) is 28.1. The number of benzene rings is 2. The molecule has 1 aliphatic carbocycles. The molecule has 2 aromatic carbocycles. The Morgan fingerprint density at radius 3 is 2.38 bits per heavy atom. The van der Waals surface area contributed by atoms with E-state index in [9.17, 15) is 28.1 Å². The maximum atomic E-state index is 13.4. The number of aryl methyl sites for hydroxylation is 1. The molecule has 1 heterocycles. The number of nitro groups is 1. The highest BCUT2D eigenvalue weighted by Gasteiger charge is 2.34. The average Bonchev–Trinajstić information content (AvgIpc) is 2.91. The molecule has 9 nitrogen and oxygen atoms in total. The molecule has 12 heteroatoms. The van der Waals surface area contributed by atoms with E-state index in [1.54, 1.807) is 27.0 Å². The molecule has 1 atom stereocenters. The van der Waals surface area contributed by atoms with Gasteiger partial charge in [-0.1, -0.05) is 0 Å². The van der Waals surface area contributed by atoms with Crippen LogP contribution in [0.5, 0.6) is 5.75 Å². The summed E-state index contributed by atoms with van der Waals surface area (Å²) in [6.07, 6.45) is -1.88. The van der Waals surface area contributed by atoms with E-state index in [1.807, 2.05) is 6.07 Å². The summed E-state index contributed by atoms with van der Waals surface area (Å²) in [7, 11) is 2.95. The van der Waals surface area contributed by atoms with Crippen molar-refractivity contribution in [2.24, 2.45) is 5.92 Å². The van der Waals surface area contributed by atoms with E-state index in [2.05, 4.69) is 15.3 Å². The van der Waals surface area contributed by atoms with Gasteiger partial charge < -0.3 is 14.8 Å². The molecule has 0 aliphatic heterocycles. The molecule has 1 aliphatic rings. The zero-order valence-corrected chi connectivity index (χ0v) is 22.0. The molecular formula is C27H29F3N4O5. The van der Waals surface area contributed by atoms with Crippen molar-refractivity contribution in [3.05, 3.63) is 63.0 Å². The first-order valence-electron chi connectivity index (χ1n) is 12.5. The van der Waals surface area contributed by atoms with Crippen molar-refractivity contribution in [1.29, 1.82) is 0 Å². The van der Waals surface area contributed by atoms with Crippen LogP contribution in [0.4, 0.5) is 24.7 Å². The second-order valence-corrected chi connectivity index (χ2v) is 9.74. The van der Waals surface area contributed by atoms with Crippen molar-refractivity contribution >= 4 is 28.4 Å². The van der Waals surface area contributed by atoms with Gasteiger partial charge in [0.05, 0.1) is 42.2 Å². The van der Waals surface area contributed by atoms with Crippen LogP contribution < -0.4 is 10.1 Å². The number of anilines is 1. The van der Waals surface area contributed by atoms with Gasteiger partial charge in [-0.15, -0.1) is 0 Å². The van der Waals surface area contributed by atoms with Gasteiger partial charge >= 0.3 is 12.1 Å². The van der Waals surface area contributed by atoms with Crippen LogP contribution in [0, 0.1) is 23.0 Å². The normalized spacial score (nSPS) is 18.4. The van der Waals surface area contributed by atoms with E-state index in [1.165, 1.54) is 7.11 Å². The number of methoxy groups -OCH3 is 2. The highest BCUT2D eigenvalue weighted by atomic mass is 19.4. The summed E-state index contributed by atoms with van der Waals surface area (Å²) in [5.41, 5.74) is -0.150. The average molecular weight is 547 g/mol. The number of aromatic nitrogens is 2. The Hall–Kier alpha value is -3.96. The Bertz CT molecular complexity index is 1400. The van der Waals surface area contributed by atoms with Gasteiger partial charge in [0, 0.05) is 23.6 Å². The third-order valence-electron chi connectivity index (χ3n) is 7.19. The number of halogens is 3. The number of carbonyl (C=O) groups excluding carboxylic acids is 1. The monoisotopic (exact) mass is 546 g/mol. The lowest BCUT2D eigenvalue weighted by molar-refractivity contribution is -0.385. The smallest absolute Gasteiger partial charge is 0.416 e. The van der Waals surface area contributed by atoms with Crippen molar-refractivity contribution in [2.75, 3.05) is 19.5 Å². The van der Waals surface area contributed by atoms with Gasteiger partial charge in [-0.2, -0.15) is 13.2 Å². The molecule has 1 saturated carbocycles. The van der Waals surface area contributed by atoms with Crippen LogP contribution in [0.3, 0.4) is 0 Å². The quantitative estimate of drug-likeness (QED) is 0.203. The van der Waals surface area contributed by atoms with Gasteiger partial charge in [-0.05, 0) is 68.7 Å². The fourth-order valence-electron chi connectivity index (χ4n) is 5.14. The lowest BCUT2D eigenvalue weighted by atomic mass is 9.78. The molecule has 0 radical (unpaired) electrons. The number of non-ortho nitro benzene ring substituents is 1. The predicted octanol–water partition coefficient (Wildman–Crippen LogP) is 6.49. The van der Waals surface area contributed by atoms with Crippen LogP contribution in [0.2, 0.25) is 0 Å². The molecule has 1 N–H and O–H groups in total. The number of ether oxygens (including phenoxy) is 2. The summed E-state index contributed by atoms with van der Waals surface area (Å²) in [6.45, 7) is 3.31. The SMILES string of the molecule is COC(=O)C1CCC(c2cc3c(N[C@H](C)c4cc([N+](=O)[O-])cc(C(F)(F)F)c4)nc(C)nc3cc2OC)CC1. The van der Waals surface area contributed by atoms with E-state index >= 15 is 0 Å². The lowest BCUT2D eigenvalue weighted by Crippen LogP contribution is -2.22. The summed E-state index contributed by atoms with van der Waals surface area (Å²) >= 11 is 0. The highest BCUT2D eigenvalue weighted by molar-refractivity contribution is 5.91. The minimum Gasteiger partial charge on any atom is -0.496 e. The molecule has 208 valence electrons. The summed E-state index contributed by atoms with van der Waals surface area (Å²) in [5.74, 6) is 1.23. The Labute approximate surface area is 222 Å². The Morgan fingerprint density at radius 1 is 1.10 bits per heavy atom. The largest absolute Gasteiger partial charge is 0.496 e. The number of hydrogen-bond acceptors (Lipinski definition) is 8. The molecule has 0 saturated heterocycles. The first-order valence-corrected chi connectivity index (χ1v) is 12.5. The number of fused-ring (bicyclic) bond motifs is 1. The van der Waals surface area contributed by atoms with Gasteiger partial charge in [0.25, 0.3) is 5.69 Å². The summed E-state index contributed by atoms with van der Waals surface area (Å²) in [6, 6.07) is 5.52. The standard InChI is InChI=1S/C27H29F3N4O5/c1-14(18-9-19(27(28,29)30)11-20(10-18)34(36)37)31-25-22-12-21(16-5-7-17(8-6-16)26(35)39-4)24(38-3)13-23(22)32-15(2)33-25/h9-14,16-17H,5-8H2,1-4H3,(H,31,32,33)/t14-,16?,17?/m1/s1. The zero-order chi connectivity index (χ0) is 28.5. The van der Waals surface area contributed by atoms with E-state index in [0.29, 0.717) is 47.2 Å². The molecule has 0 bridgehead atoms. The van der Waals surface area contributed by atoms with E-state index < -0.39 is 28.4 Å². The van der Waals surface area contributed by atoms with Crippen LogP contribution in [0.25, 0.3) is 10.9 Å². The van der Waals surface area contributed by atoms with E-state index in [4.69, 9.17) is 9.47 Å². The maximum absolute atomic E-state index is 13.4. The number of carbonyl (C=O) groups is 1. The second-order valence-electron chi connectivity index (χ2n) is 9.74. The van der Waals surface area contributed by atoms with Crippen LogP contribution in [0.15, 0.2) is 30.3 Å². The van der Waals surface area contributed by atoms with Crippen LogP contribution >= 0.6 is 0 Å². The number of esters is 1. The molecule has 0 spiro atoms. The number of nitrogens with one attached hydrogen (secondary N) is 1. The molecule has 0 amide bonds. The van der Waals surface area contributed by atoms with E-state index in [0.717, 1.165) is 30.5 Å². The van der Waals surface area contributed by atoms with Crippen molar-refractivity contribution in [3.63, 3.8) is 0 Å². The zero-order valence-electron chi connectivity index (χ0n) is 22.0. The van der Waals surface area contributed by atoms with Gasteiger partial charge in [-0.3, -0.25) is 14.9 Å². The number of nitrogens with zero attached hydrogens (tertiary/aromatic N) is 3. The van der Waals surface area contributed by atoms with E-state index in [-0.39, 0.29) is 23.4 Å². The van der Waals surface area contributed by atoms with Crippen LogP contribution in [-0.4, -0.2) is 35.1 Å². The minimum atomic E-state index is -4.74. The van der Waals surface area contributed by atoms with Gasteiger partial charge in [0.1, 0.15) is 17.4 Å². The summed E-state index contributed by atoms with van der Waals surface area (Å²) in [4.78, 5) is 31.5. The van der Waals surface area contributed by atoms with Crippen LogP contribution in [0.1, 0.15) is 67.1 Å². The third-order valence-corrected chi connectivity index (χ3v) is 7.19. The van der Waals surface area contributed by atoms with Gasteiger partial charge in [0.2, 0.25) is 0 Å². The number of alkyl halides is 3. The Balaban J connectivity index is 1.71. The number of nitro benzene ring substituents is 1. The molecule has 1 fully saturated rings. The molecule has 0 unspecified atom stereocenters. The second kappa shape index (κ2) is 11.0. The summed E-state index contributed by atoms with van der Waals surface area (Å²) < 4.78 is 50.9. The van der Waals surface area contributed by atoms with Crippen LogP contribution in [-0.2, 0) is 15.7 Å². The number of hydrogen-bond donors (Lipinski definition) is 1. The summed E-state index contributed by atoms with van der Waals surface area (Å²) in [5, 5.41) is 15.1.